The summed E-state index contributed by atoms with van der Waals surface area (Å²) in [6.07, 6.45) is 1.40. The molecule has 1 heterocycles. The van der Waals surface area contributed by atoms with E-state index in [2.05, 4.69) is 5.10 Å². The van der Waals surface area contributed by atoms with E-state index in [1.54, 1.807) is 13.0 Å². The highest BCUT2D eigenvalue weighted by atomic mass is 16.6. The second kappa shape index (κ2) is 5.61. The lowest BCUT2D eigenvalue weighted by molar-refractivity contribution is -0.385. The monoisotopic (exact) mass is 291 g/mol. The van der Waals surface area contributed by atoms with Crippen molar-refractivity contribution in [1.82, 2.24) is 9.78 Å². The van der Waals surface area contributed by atoms with Crippen molar-refractivity contribution < 1.29 is 19.6 Å². The molecule has 0 saturated heterocycles. The van der Waals surface area contributed by atoms with Gasteiger partial charge in [0.15, 0.2) is 5.75 Å². The van der Waals surface area contributed by atoms with Crippen molar-refractivity contribution in [2.75, 3.05) is 7.11 Å². The van der Waals surface area contributed by atoms with Gasteiger partial charge in [0.2, 0.25) is 0 Å². The number of methoxy groups -OCH3 is 1. The highest BCUT2D eigenvalue weighted by molar-refractivity contribution is 5.88. The lowest BCUT2D eigenvalue weighted by Gasteiger charge is -2.05. The molecule has 2 rings (SSSR count). The van der Waals surface area contributed by atoms with Crippen LogP contribution in [0.15, 0.2) is 24.4 Å². The van der Waals surface area contributed by atoms with Gasteiger partial charge in [-0.15, -0.1) is 0 Å². The predicted octanol–water partition coefficient (Wildman–Crippen LogP) is 1.85. The Hall–Kier alpha value is -2.90. The maximum atomic E-state index is 11.0. The zero-order valence-electron chi connectivity index (χ0n) is 11.4. The Morgan fingerprint density at radius 1 is 1.52 bits per heavy atom. The zero-order chi connectivity index (χ0) is 15.6. The molecule has 1 aromatic carbocycles. The number of nitro groups is 1. The van der Waals surface area contributed by atoms with Gasteiger partial charge in [-0.05, 0) is 18.6 Å². The lowest BCUT2D eigenvalue weighted by atomic mass is 10.2. The Morgan fingerprint density at radius 3 is 2.76 bits per heavy atom. The van der Waals surface area contributed by atoms with Crippen LogP contribution in [0, 0.1) is 17.0 Å². The lowest BCUT2D eigenvalue weighted by Crippen LogP contribution is -2.02. The SMILES string of the molecule is COc1ccc(Cn2cc(C(=O)O)c(C)n2)cc1[N+](=O)[O-]. The minimum absolute atomic E-state index is 0.109. The maximum absolute atomic E-state index is 11.0. The smallest absolute Gasteiger partial charge is 0.339 e. The predicted molar refractivity (Wildman–Crippen MR) is 72.7 cm³/mol. The molecule has 8 nitrogen and oxygen atoms in total. The van der Waals surface area contributed by atoms with Crippen LogP contribution in [0.3, 0.4) is 0 Å². The third-order valence-corrected chi connectivity index (χ3v) is 2.96. The molecule has 0 saturated carbocycles. The maximum Gasteiger partial charge on any atom is 0.339 e. The van der Waals surface area contributed by atoms with Crippen LogP contribution in [0.5, 0.6) is 5.75 Å². The van der Waals surface area contributed by atoms with E-state index in [0.717, 1.165) is 0 Å². The van der Waals surface area contributed by atoms with Crippen molar-refractivity contribution >= 4 is 11.7 Å². The second-order valence-corrected chi connectivity index (χ2v) is 4.39. The zero-order valence-corrected chi connectivity index (χ0v) is 11.4. The summed E-state index contributed by atoms with van der Waals surface area (Å²) in [5.74, 6) is -0.883. The number of carboxylic acid groups (broad SMARTS) is 1. The number of rotatable bonds is 5. The number of benzene rings is 1. The van der Waals surface area contributed by atoms with Crippen LogP contribution in [-0.4, -0.2) is 32.9 Å². The van der Waals surface area contributed by atoms with Gasteiger partial charge >= 0.3 is 11.7 Å². The molecule has 21 heavy (non-hydrogen) atoms. The van der Waals surface area contributed by atoms with E-state index in [0.29, 0.717) is 11.3 Å². The molecule has 1 N–H and O–H groups in total. The molecule has 0 fully saturated rings. The molecule has 0 bridgehead atoms. The van der Waals surface area contributed by atoms with E-state index in [1.807, 2.05) is 0 Å². The number of nitrogens with zero attached hydrogens (tertiary/aromatic N) is 3. The minimum atomic E-state index is -1.06. The van der Waals surface area contributed by atoms with E-state index >= 15 is 0 Å². The number of hydrogen-bond donors (Lipinski definition) is 1. The Labute approximate surface area is 119 Å². The summed E-state index contributed by atoms with van der Waals surface area (Å²) in [6, 6.07) is 4.56. The Kier molecular flexibility index (Phi) is 3.88. The van der Waals surface area contributed by atoms with Gasteiger partial charge in [-0.1, -0.05) is 6.07 Å². The third-order valence-electron chi connectivity index (χ3n) is 2.96. The largest absolute Gasteiger partial charge is 0.490 e. The van der Waals surface area contributed by atoms with Gasteiger partial charge in [-0.3, -0.25) is 14.8 Å². The van der Waals surface area contributed by atoms with Gasteiger partial charge in [0.25, 0.3) is 0 Å². The molecule has 0 unspecified atom stereocenters. The molecule has 0 aliphatic carbocycles. The number of nitro benzene ring substituents is 1. The van der Waals surface area contributed by atoms with Crippen molar-refractivity contribution in [3.8, 4) is 5.75 Å². The molecule has 0 aliphatic rings. The molecule has 2 aromatic rings. The van der Waals surface area contributed by atoms with Crippen LogP contribution < -0.4 is 4.74 Å². The van der Waals surface area contributed by atoms with Gasteiger partial charge in [0, 0.05) is 12.3 Å². The van der Waals surface area contributed by atoms with Crippen molar-refractivity contribution in [3.05, 3.63) is 51.3 Å². The molecule has 0 spiro atoms. The summed E-state index contributed by atoms with van der Waals surface area (Å²) in [7, 11) is 1.36. The third kappa shape index (κ3) is 2.99. The average molecular weight is 291 g/mol. The number of aromatic carboxylic acids is 1. The summed E-state index contributed by atoms with van der Waals surface area (Å²) in [4.78, 5) is 21.4. The van der Waals surface area contributed by atoms with Gasteiger partial charge in [-0.25, -0.2) is 4.79 Å². The van der Waals surface area contributed by atoms with Crippen LogP contribution in [-0.2, 0) is 6.54 Å². The van der Waals surface area contributed by atoms with Gasteiger partial charge in [0.1, 0.15) is 5.56 Å². The van der Waals surface area contributed by atoms with Crippen molar-refractivity contribution in [3.63, 3.8) is 0 Å². The van der Waals surface area contributed by atoms with E-state index in [1.165, 1.54) is 30.1 Å². The first kappa shape index (κ1) is 14.5. The summed E-state index contributed by atoms with van der Waals surface area (Å²) in [5.41, 5.74) is 0.989. The van der Waals surface area contributed by atoms with E-state index in [-0.39, 0.29) is 23.5 Å². The second-order valence-electron chi connectivity index (χ2n) is 4.39. The van der Waals surface area contributed by atoms with Crippen LogP contribution in [0.25, 0.3) is 0 Å². The fourth-order valence-corrected chi connectivity index (χ4v) is 1.97. The molecule has 1 aromatic heterocycles. The summed E-state index contributed by atoms with van der Waals surface area (Å²) in [6.45, 7) is 1.83. The van der Waals surface area contributed by atoms with Gasteiger partial charge in [-0.2, -0.15) is 5.10 Å². The number of ether oxygens (including phenoxy) is 1. The van der Waals surface area contributed by atoms with E-state index in [4.69, 9.17) is 9.84 Å². The van der Waals surface area contributed by atoms with Crippen LogP contribution in [0.4, 0.5) is 5.69 Å². The summed E-state index contributed by atoms with van der Waals surface area (Å²) >= 11 is 0. The average Bonchev–Trinajstić information content (AvgIpc) is 2.79. The highest BCUT2D eigenvalue weighted by Crippen LogP contribution is 2.27. The first-order valence-corrected chi connectivity index (χ1v) is 6.01. The first-order chi connectivity index (χ1) is 9.92. The molecule has 8 heteroatoms. The molecular formula is C13H13N3O5. The Bertz CT molecular complexity index is 708. The molecule has 0 radical (unpaired) electrons. The molecular weight excluding hydrogens is 278 g/mol. The molecule has 0 aliphatic heterocycles. The van der Waals surface area contributed by atoms with Gasteiger partial charge in [0.05, 0.1) is 24.3 Å². The minimum Gasteiger partial charge on any atom is -0.490 e. The van der Waals surface area contributed by atoms with Gasteiger partial charge < -0.3 is 9.84 Å². The highest BCUT2D eigenvalue weighted by Gasteiger charge is 2.16. The van der Waals surface area contributed by atoms with Crippen LogP contribution >= 0.6 is 0 Å². The number of carboxylic acids is 1. The van der Waals surface area contributed by atoms with Crippen molar-refractivity contribution in [2.45, 2.75) is 13.5 Å². The van der Waals surface area contributed by atoms with E-state index < -0.39 is 10.9 Å². The molecule has 0 amide bonds. The Morgan fingerprint density at radius 2 is 2.24 bits per heavy atom. The molecule has 0 atom stereocenters. The standard InChI is InChI=1S/C13H13N3O5/c1-8-10(13(17)18)7-15(14-8)6-9-3-4-12(21-2)11(5-9)16(19)20/h3-5,7H,6H2,1-2H3,(H,17,18). The van der Waals surface area contributed by atoms with Crippen molar-refractivity contribution in [1.29, 1.82) is 0 Å². The Balaban J connectivity index is 2.31. The normalized spacial score (nSPS) is 10.4. The fourth-order valence-electron chi connectivity index (χ4n) is 1.97. The topological polar surface area (TPSA) is 107 Å². The van der Waals surface area contributed by atoms with Crippen LogP contribution in [0.1, 0.15) is 21.6 Å². The quantitative estimate of drug-likeness (QED) is 0.665. The number of aromatic nitrogens is 2. The number of aryl methyl sites for hydroxylation is 1. The fraction of sp³-hybridized carbons (Fsp3) is 0.231. The summed E-state index contributed by atoms with van der Waals surface area (Å²) < 4.78 is 6.36. The first-order valence-electron chi connectivity index (χ1n) is 6.01. The van der Waals surface area contributed by atoms with Crippen molar-refractivity contribution in [2.24, 2.45) is 0 Å². The number of carbonyl (C=O) groups is 1. The van der Waals surface area contributed by atoms with Crippen LogP contribution in [0.2, 0.25) is 0 Å². The van der Waals surface area contributed by atoms with E-state index in [9.17, 15) is 14.9 Å². The number of hydrogen-bond acceptors (Lipinski definition) is 5. The molecule has 110 valence electrons. The summed E-state index contributed by atoms with van der Waals surface area (Å²) in [5, 5.41) is 24.0.